The first-order valence-corrected chi connectivity index (χ1v) is 7.75. The van der Waals surface area contributed by atoms with E-state index in [9.17, 15) is 8.42 Å². The maximum atomic E-state index is 12.1. The van der Waals surface area contributed by atoms with E-state index in [4.69, 9.17) is 16.3 Å². The average molecular weight is 312 g/mol. The van der Waals surface area contributed by atoms with Crippen molar-refractivity contribution in [3.63, 3.8) is 0 Å². The molecule has 20 heavy (non-hydrogen) atoms. The lowest BCUT2D eigenvalue weighted by Crippen LogP contribution is -2.23. The summed E-state index contributed by atoms with van der Waals surface area (Å²) in [6.45, 7) is 0.189. The quantitative estimate of drug-likeness (QED) is 0.924. The van der Waals surface area contributed by atoms with Crippen LogP contribution in [0.5, 0.6) is 5.75 Å². The van der Waals surface area contributed by atoms with Gasteiger partial charge in [-0.3, -0.25) is 0 Å². The zero-order valence-corrected chi connectivity index (χ0v) is 12.4. The molecule has 0 bridgehead atoms. The van der Waals surface area contributed by atoms with Crippen LogP contribution < -0.4 is 9.46 Å². The molecule has 0 atom stereocenters. The molecule has 0 spiro atoms. The van der Waals surface area contributed by atoms with Crippen molar-refractivity contribution in [3.8, 4) is 5.75 Å². The van der Waals surface area contributed by atoms with Crippen molar-refractivity contribution in [1.29, 1.82) is 0 Å². The summed E-state index contributed by atoms with van der Waals surface area (Å²) < 4.78 is 31.7. The van der Waals surface area contributed by atoms with E-state index in [1.54, 1.807) is 30.3 Å². The molecule has 106 valence electrons. The fourth-order valence-electron chi connectivity index (χ4n) is 1.66. The number of methoxy groups -OCH3 is 1. The molecule has 6 heteroatoms. The summed E-state index contributed by atoms with van der Waals surface area (Å²) in [4.78, 5) is 0.195. The third kappa shape index (κ3) is 3.72. The van der Waals surface area contributed by atoms with Gasteiger partial charge in [-0.1, -0.05) is 23.7 Å². The Balaban J connectivity index is 2.10. The van der Waals surface area contributed by atoms with Gasteiger partial charge in [0.2, 0.25) is 10.0 Å². The van der Waals surface area contributed by atoms with Crippen LogP contribution in [0.1, 0.15) is 5.56 Å². The standard InChI is InChI=1S/C14H14ClNO3S/c1-19-13-5-7-14(8-6-13)20(17,18)16-10-11-3-2-4-12(15)9-11/h2-9,16H,10H2,1H3. The van der Waals surface area contributed by atoms with Crippen LogP contribution in [0.3, 0.4) is 0 Å². The highest BCUT2D eigenvalue weighted by atomic mass is 35.5. The highest BCUT2D eigenvalue weighted by molar-refractivity contribution is 7.89. The molecule has 2 aromatic rings. The molecule has 0 unspecified atom stereocenters. The summed E-state index contributed by atoms with van der Waals surface area (Å²) in [5.74, 6) is 0.610. The van der Waals surface area contributed by atoms with Crippen LogP contribution in [-0.2, 0) is 16.6 Å². The van der Waals surface area contributed by atoms with E-state index in [0.29, 0.717) is 10.8 Å². The second-order valence-electron chi connectivity index (χ2n) is 4.13. The molecule has 2 rings (SSSR count). The van der Waals surface area contributed by atoms with E-state index < -0.39 is 10.0 Å². The van der Waals surface area contributed by atoms with Gasteiger partial charge in [-0.2, -0.15) is 0 Å². The topological polar surface area (TPSA) is 55.4 Å². The molecule has 0 heterocycles. The van der Waals surface area contributed by atoms with Gasteiger partial charge >= 0.3 is 0 Å². The minimum Gasteiger partial charge on any atom is -0.497 e. The Morgan fingerprint density at radius 1 is 1.15 bits per heavy atom. The Kier molecular flexibility index (Phi) is 4.65. The van der Waals surface area contributed by atoms with Crippen molar-refractivity contribution >= 4 is 21.6 Å². The van der Waals surface area contributed by atoms with E-state index in [0.717, 1.165) is 5.56 Å². The highest BCUT2D eigenvalue weighted by Crippen LogP contribution is 2.16. The first-order valence-electron chi connectivity index (χ1n) is 5.89. The summed E-state index contributed by atoms with van der Waals surface area (Å²) in [6.07, 6.45) is 0. The SMILES string of the molecule is COc1ccc(S(=O)(=O)NCc2cccc(Cl)c2)cc1. The van der Waals surface area contributed by atoms with E-state index in [1.165, 1.54) is 19.2 Å². The average Bonchev–Trinajstić information content (AvgIpc) is 2.45. The van der Waals surface area contributed by atoms with Crippen LogP contribution in [-0.4, -0.2) is 15.5 Å². The molecule has 1 N–H and O–H groups in total. The van der Waals surface area contributed by atoms with Crippen LogP contribution in [0.4, 0.5) is 0 Å². The zero-order valence-electron chi connectivity index (χ0n) is 10.8. The molecule has 0 aliphatic carbocycles. The van der Waals surface area contributed by atoms with Crippen molar-refractivity contribution in [2.24, 2.45) is 0 Å². The van der Waals surface area contributed by atoms with Crippen LogP contribution in [0, 0.1) is 0 Å². The van der Waals surface area contributed by atoms with Crippen molar-refractivity contribution in [3.05, 3.63) is 59.1 Å². The monoisotopic (exact) mass is 311 g/mol. The number of hydrogen-bond donors (Lipinski definition) is 1. The van der Waals surface area contributed by atoms with Crippen LogP contribution in [0.2, 0.25) is 5.02 Å². The van der Waals surface area contributed by atoms with Gasteiger partial charge in [0.15, 0.2) is 0 Å². The first-order chi connectivity index (χ1) is 9.51. The van der Waals surface area contributed by atoms with E-state index in [-0.39, 0.29) is 11.4 Å². The van der Waals surface area contributed by atoms with E-state index in [2.05, 4.69) is 4.72 Å². The zero-order chi connectivity index (χ0) is 14.6. The molecule has 0 aromatic heterocycles. The smallest absolute Gasteiger partial charge is 0.240 e. The molecule has 0 aliphatic heterocycles. The fourth-order valence-corrected chi connectivity index (χ4v) is 2.89. The fraction of sp³-hybridized carbons (Fsp3) is 0.143. The number of nitrogens with one attached hydrogen (secondary N) is 1. The Morgan fingerprint density at radius 2 is 1.85 bits per heavy atom. The van der Waals surface area contributed by atoms with Gasteiger partial charge in [-0.05, 0) is 42.0 Å². The lowest BCUT2D eigenvalue weighted by atomic mass is 10.2. The predicted octanol–water partition coefficient (Wildman–Crippen LogP) is 2.83. The third-order valence-electron chi connectivity index (χ3n) is 2.73. The summed E-state index contributed by atoms with van der Waals surface area (Å²) in [6, 6.07) is 13.3. The molecule has 0 amide bonds. The summed E-state index contributed by atoms with van der Waals surface area (Å²) >= 11 is 5.85. The first kappa shape index (κ1) is 14.8. The van der Waals surface area contributed by atoms with Gasteiger partial charge in [-0.15, -0.1) is 0 Å². The number of sulfonamides is 1. The molecule has 2 aromatic carbocycles. The van der Waals surface area contributed by atoms with Crippen molar-refractivity contribution < 1.29 is 13.2 Å². The number of halogens is 1. The van der Waals surface area contributed by atoms with Gasteiger partial charge in [-0.25, -0.2) is 13.1 Å². The van der Waals surface area contributed by atoms with Crippen molar-refractivity contribution in [2.75, 3.05) is 7.11 Å². The second kappa shape index (κ2) is 6.26. The van der Waals surface area contributed by atoms with Crippen LogP contribution in [0.25, 0.3) is 0 Å². The van der Waals surface area contributed by atoms with Crippen LogP contribution in [0.15, 0.2) is 53.4 Å². The highest BCUT2D eigenvalue weighted by Gasteiger charge is 2.13. The van der Waals surface area contributed by atoms with Gasteiger partial charge < -0.3 is 4.74 Å². The molecule has 0 saturated heterocycles. The molecule has 4 nitrogen and oxygen atoms in total. The molecule has 0 radical (unpaired) electrons. The lowest BCUT2D eigenvalue weighted by molar-refractivity contribution is 0.414. The Bertz CT molecular complexity index is 684. The molecular weight excluding hydrogens is 298 g/mol. The van der Waals surface area contributed by atoms with Crippen molar-refractivity contribution in [2.45, 2.75) is 11.4 Å². The number of rotatable bonds is 5. The minimum absolute atomic E-state index is 0.189. The lowest BCUT2D eigenvalue weighted by Gasteiger charge is -2.08. The van der Waals surface area contributed by atoms with Gasteiger partial charge in [0, 0.05) is 11.6 Å². The van der Waals surface area contributed by atoms with E-state index in [1.807, 2.05) is 6.07 Å². The molecule has 0 aliphatic rings. The van der Waals surface area contributed by atoms with Gasteiger partial charge in [0.05, 0.1) is 12.0 Å². The second-order valence-corrected chi connectivity index (χ2v) is 6.33. The summed E-state index contributed by atoms with van der Waals surface area (Å²) in [5.41, 5.74) is 0.801. The molecule has 0 saturated carbocycles. The van der Waals surface area contributed by atoms with Crippen molar-refractivity contribution in [1.82, 2.24) is 4.72 Å². The normalized spacial score (nSPS) is 11.3. The largest absolute Gasteiger partial charge is 0.497 e. The Hall–Kier alpha value is -1.56. The predicted molar refractivity (Wildman–Crippen MR) is 78.5 cm³/mol. The van der Waals surface area contributed by atoms with Gasteiger partial charge in [0.25, 0.3) is 0 Å². The summed E-state index contributed by atoms with van der Waals surface area (Å²) in [5, 5.41) is 0.575. The molecule has 0 fully saturated rings. The van der Waals surface area contributed by atoms with Gasteiger partial charge in [0.1, 0.15) is 5.75 Å². The Morgan fingerprint density at radius 3 is 2.45 bits per heavy atom. The molecular formula is C14H14ClNO3S. The summed E-state index contributed by atoms with van der Waals surface area (Å²) in [7, 11) is -2.02. The maximum absolute atomic E-state index is 12.1. The Labute approximate surface area is 123 Å². The number of hydrogen-bond acceptors (Lipinski definition) is 3. The number of benzene rings is 2. The maximum Gasteiger partial charge on any atom is 0.240 e. The number of ether oxygens (including phenoxy) is 1. The van der Waals surface area contributed by atoms with Crippen LogP contribution >= 0.6 is 11.6 Å². The third-order valence-corrected chi connectivity index (χ3v) is 4.38. The minimum atomic E-state index is -3.54. The van der Waals surface area contributed by atoms with E-state index >= 15 is 0 Å².